The highest BCUT2D eigenvalue weighted by Gasteiger charge is 2.33. The van der Waals surface area contributed by atoms with Crippen LogP contribution in [0.2, 0.25) is 0 Å². The molecule has 0 radical (unpaired) electrons. The van der Waals surface area contributed by atoms with Gasteiger partial charge in [0.05, 0.1) is 6.04 Å². The maximum atomic E-state index is 13.1. The third kappa shape index (κ3) is 9.45. The Bertz CT molecular complexity index is 1070. The average Bonchev–Trinajstić information content (AvgIpc) is 3.29. The highest BCUT2D eigenvalue weighted by Crippen LogP contribution is 2.30. The molecule has 3 unspecified atom stereocenters. The van der Waals surface area contributed by atoms with E-state index in [9.17, 15) is 19.2 Å². The summed E-state index contributed by atoms with van der Waals surface area (Å²) >= 11 is 1.75. The average molecular weight is 570 g/mol. The van der Waals surface area contributed by atoms with Crippen molar-refractivity contribution in [3.63, 3.8) is 0 Å². The molecule has 12 heteroatoms. The Hall–Kier alpha value is -3.77. The molecule has 0 bridgehead atoms. The first kappa shape index (κ1) is 30.8. The molecule has 1 aliphatic heterocycles. The first-order valence-electron chi connectivity index (χ1n) is 13.4. The Morgan fingerprint density at radius 2 is 1.40 bits per heavy atom. The fraction of sp³-hybridized carbons (Fsp3) is 0.429. The van der Waals surface area contributed by atoms with Crippen LogP contribution < -0.4 is 33.2 Å². The fourth-order valence-corrected chi connectivity index (χ4v) is 6.01. The molecule has 0 spiro atoms. The van der Waals surface area contributed by atoms with Crippen LogP contribution in [-0.2, 0) is 9.59 Å². The summed E-state index contributed by atoms with van der Waals surface area (Å²) in [5.41, 5.74) is 19.6. The van der Waals surface area contributed by atoms with Crippen LogP contribution in [0.5, 0.6) is 0 Å². The lowest BCUT2D eigenvalue weighted by atomic mass is 10.0. The number of hydrogen-bond acceptors (Lipinski definition) is 8. The molecule has 2 aromatic carbocycles. The van der Waals surface area contributed by atoms with Crippen LogP contribution in [0.3, 0.4) is 0 Å². The second-order valence-corrected chi connectivity index (χ2v) is 11.0. The van der Waals surface area contributed by atoms with E-state index in [1.165, 1.54) is 0 Å². The van der Waals surface area contributed by atoms with E-state index >= 15 is 0 Å². The quantitative estimate of drug-likeness (QED) is 0.104. The predicted molar refractivity (Wildman–Crippen MR) is 159 cm³/mol. The Morgan fingerprint density at radius 3 is 1.90 bits per heavy atom. The zero-order chi connectivity index (χ0) is 28.9. The van der Waals surface area contributed by atoms with Crippen molar-refractivity contribution >= 4 is 47.3 Å². The molecule has 11 nitrogen and oxygen atoms in total. The topological polar surface area (TPSA) is 186 Å². The van der Waals surface area contributed by atoms with Gasteiger partial charge in [0, 0.05) is 72.1 Å². The molecule has 3 rings (SSSR count). The third-order valence-corrected chi connectivity index (χ3v) is 8.32. The summed E-state index contributed by atoms with van der Waals surface area (Å²) in [7, 11) is 0. The lowest BCUT2D eigenvalue weighted by Gasteiger charge is -2.24. The van der Waals surface area contributed by atoms with Gasteiger partial charge in [-0.15, -0.1) is 0 Å². The van der Waals surface area contributed by atoms with Gasteiger partial charge in [0.15, 0.2) is 0 Å². The van der Waals surface area contributed by atoms with Gasteiger partial charge in [0.1, 0.15) is 0 Å². The molecule has 1 aliphatic rings. The van der Waals surface area contributed by atoms with Crippen molar-refractivity contribution in [1.82, 2.24) is 20.9 Å². The van der Waals surface area contributed by atoms with E-state index in [-0.39, 0.29) is 48.1 Å². The van der Waals surface area contributed by atoms with Crippen molar-refractivity contribution in [3.05, 3.63) is 59.7 Å². The van der Waals surface area contributed by atoms with Crippen LogP contribution in [0.1, 0.15) is 46.4 Å². The standard InChI is InChI=1S/C28H39N7O4S/c29-21-9-5-19(6-10-21)27(38)32-13-15-35(16-14-33-28(39)20-7-11-22(30)12-8-20)25(37)4-2-1-3-24-26(34-18-36)23(31)17-40-24/h5-12,18,23-24,26H,1-4,13-17,29-31H2,(H,32,38)(H,33,39)(H,34,36). The molecule has 0 saturated carbocycles. The zero-order valence-corrected chi connectivity index (χ0v) is 23.3. The summed E-state index contributed by atoms with van der Waals surface area (Å²) in [6.07, 6.45) is 3.40. The van der Waals surface area contributed by atoms with Gasteiger partial charge < -0.3 is 38.1 Å². The number of amides is 4. The number of carbonyl (C=O) groups is 4. The monoisotopic (exact) mass is 569 g/mol. The Balaban J connectivity index is 1.49. The molecule has 1 saturated heterocycles. The molecule has 9 N–H and O–H groups in total. The fourth-order valence-electron chi connectivity index (χ4n) is 4.51. The van der Waals surface area contributed by atoms with Crippen molar-refractivity contribution in [3.8, 4) is 0 Å². The first-order chi connectivity index (χ1) is 19.3. The Labute approximate surface area is 239 Å². The molecule has 0 aromatic heterocycles. The van der Waals surface area contributed by atoms with Crippen LogP contribution >= 0.6 is 11.8 Å². The molecule has 1 fully saturated rings. The number of nitrogen functional groups attached to an aromatic ring is 2. The maximum Gasteiger partial charge on any atom is 0.251 e. The second kappa shape index (κ2) is 15.7. The number of hydrogen-bond donors (Lipinski definition) is 6. The van der Waals surface area contributed by atoms with Crippen LogP contribution in [0.15, 0.2) is 48.5 Å². The van der Waals surface area contributed by atoms with Crippen molar-refractivity contribution in [2.75, 3.05) is 43.4 Å². The number of carbonyl (C=O) groups excluding carboxylic acids is 4. The van der Waals surface area contributed by atoms with E-state index in [2.05, 4.69) is 16.0 Å². The van der Waals surface area contributed by atoms with Crippen molar-refractivity contribution < 1.29 is 19.2 Å². The first-order valence-corrected chi connectivity index (χ1v) is 14.5. The summed E-state index contributed by atoms with van der Waals surface area (Å²) in [5, 5.41) is 8.73. The highest BCUT2D eigenvalue weighted by atomic mass is 32.2. The number of nitrogens with zero attached hydrogens (tertiary/aromatic N) is 1. The van der Waals surface area contributed by atoms with Gasteiger partial charge in [-0.2, -0.15) is 11.8 Å². The SMILES string of the molecule is Nc1ccc(C(=O)NCCN(CCNC(=O)c2ccc(N)cc2)C(=O)CCCCC2SCC(N)C2NC=O)cc1. The second-order valence-electron chi connectivity index (χ2n) is 9.73. The van der Waals surface area contributed by atoms with Gasteiger partial charge in [-0.05, 0) is 61.4 Å². The number of rotatable bonds is 15. The van der Waals surface area contributed by atoms with E-state index in [4.69, 9.17) is 17.2 Å². The van der Waals surface area contributed by atoms with E-state index in [1.807, 2.05) is 0 Å². The Morgan fingerprint density at radius 1 is 0.875 bits per heavy atom. The van der Waals surface area contributed by atoms with Gasteiger partial charge in [-0.1, -0.05) is 6.42 Å². The molecule has 1 heterocycles. The minimum Gasteiger partial charge on any atom is -0.399 e. The smallest absolute Gasteiger partial charge is 0.251 e. The van der Waals surface area contributed by atoms with Crippen LogP contribution in [-0.4, -0.2) is 78.3 Å². The number of nitrogens with two attached hydrogens (primary N) is 3. The summed E-state index contributed by atoms with van der Waals surface area (Å²) in [6, 6.07) is 13.1. The highest BCUT2D eigenvalue weighted by molar-refractivity contribution is 8.00. The third-order valence-electron chi connectivity index (χ3n) is 6.79. The normalized spacial score (nSPS) is 18.1. The van der Waals surface area contributed by atoms with E-state index in [0.29, 0.717) is 54.8 Å². The van der Waals surface area contributed by atoms with E-state index < -0.39 is 0 Å². The molecular weight excluding hydrogens is 530 g/mol. The molecule has 216 valence electrons. The van der Waals surface area contributed by atoms with E-state index in [1.54, 1.807) is 65.2 Å². The lowest BCUT2D eigenvalue weighted by molar-refractivity contribution is -0.131. The summed E-state index contributed by atoms with van der Waals surface area (Å²) < 4.78 is 0. The molecule has 2 aromatic rings. The molecule has 3 atom stereocenters. The van der Waals surface area contributed by atoms with Gasteiger partial charge in [0.2, 0.25) is 12.3 Å². The molecule has 4 amide bonds. The molecule has 0 aliphatic carbocycles. The van der Waals surface area contributed by atoms with Crippen molar-refractivity contribution in [2.45, 2.75) is 43.0 Å². The predicted octanol–water partition coefficient (Wildman–Crippen LogP) is 0.957. The van der Waals surface area contributed by atoms with Gasteiger partial charge >= 0.3 is 0 Å². The number of nitrogens with one attached hydrogen (secondary N) is 3. The van der Waals surface area contributed by atoms with Gasteiger partial charge in [0.25, 0.3) is 11.8 Å². The molecule has 40 heavy (non-hydrogen) atoms. The Kier molecular flexibility index (Phi) is 12.1. The van der Waals surface area contributed by atoms with Crippen LogP contribution in [0.25, 0.3) is 0 Å². The number of thioether (sulfide) groups is 1. The van der Waals surface area contributed by atoms with Gasteiger partial charge in [-0.25, -0.2) is 0 Å². The van der Waals surface area contributed by atoms with E-state index in [0.717, 1.165) is 18.6 Å². The summed E-state index contributed by atoms with van der Waals surface area (Å²) in [5.74, 6) is 0.235. The zero-order valence-electron chi connectivity index (χ0n) is 22.5. The van der Waals surface area contributed by atoms with Crippen LogP contribution in [0.4, 0.5) is 11.4 Å². The number of anilines is 2. The minimum atomic E-state index is -0.255. The largest absolute Gasteiger partial charge is 0.399 e. The number of benzene rings is 2. The van der Waals surface area contributed by atoms with Gasteiger partial charge in [-0.3, -0.25) is 19.2 Å². The molecular formula is C28H39N7O4S. The summed E-state index contributed by atoms with van der Waals surface area (Å²) in [6.45, 7) is 1.12. The maximum absolute atomic E-state index is 13.1. The lowest BCUT2D eigenvalue weighted by Crippen LogP contribution is -2.46. The minimum absolute atomic E-state index is 0.0518. The summed E-state index contributed by atoms with van der Waals surface area (Å²) in [4.78, 5) is 50.6. The number of unbranched alkanes of at least 4 members (excludes halogenated alkanes) is 1. The van der Waals surface area contributed by atoms with Crippen molar-refractivity contribution in [1.29, 1.82) is 0 Å². The van der Waals surface area contributed by atoms with Crippen LogP contribution in [0, 0.1) is 0 Å². The van der Waals surface area contributed by atoms with Crippen molar-refractivity contribution in [2.24, 2.45) is 5.73 Å².